The van der Waals surface area contributed by atoms with Crippen LogP contribution in [-0.2, 0) is 16.2 Å². The summed E-state index contributed by atoms with van der Waals surface area (Å²) in [4.78, 5) is 13.1. The summed E-state index contributed by atoms with van der Waals surface area (Å²) in [5.41, 5.74) is 0.681. The molecule has 3 rings (SSSR count). The Morgan fingerprint density at radius 3 is 2.71 bits per heavy atom. The zero-order valence-electron chi connectivity index (χ0n) is 13.3. The number of likely N-dealkylation sites (tertiary alicyclic amines) is 1. The van der Waals surface area contributed by atoms with Crippen LogP contribution in [0, 0.1) is 16.6 Å². The van der Waals surface area contributed by atoms with Crippen LogP contribution in [0.15, 0.2) is 28.7 Å². The standard InChI is InChI=1S/C16H18FN3O3S/c1-22-15(21)12-6-8-19(9-7-12)10-20-16(24)23-14(18-20)11-2-4-13(17)5-3-11/h2-5,12H,6-10H2,1H3/p+1. The lowest BCUT2D eigenvalue weighted by Gasteiger charge is -2.27. The van der Waals surface area contributed by atoms with Gasteiger partial charge in [-0.2, -0.15) is 4.68 Å². The van der Waals surface area contributed by atoms with Gasteiger partial charge in [0.1, 0.15) is 5.82 Å². The molecule has 0 amide bonds. The third-order valence-electron chi connectivity index (χ3n) is 4.30. The third-order valence-corrected chi connectivity index (χ3v) is 4.59. The Morgan fingerprint density at radius 1 is 1.42 bits per heavy atom. The van der Waals surface area contributed by atoms with Gasteiger partial charge in [-0.1, -0.05) is 0 Å². The summed E-state index contributed by atoms with van der Waals surface area (Å²) in [7, 11) is 1.42. The van der Waals surface area contributed by atoms with Crippen molar-refractivity contribution < 1.29 is 23.2 Å². The Labute approximate surface area is 143 Å². The number of nitrogens with one attached hydrogen (secondary N) is 1. The molecule has 0 unspecified atom stereocenters. The van der Waals surface area contributed by atoms with Gasteiger partial charge < -0.3 is 14.1 Å². The molecule has 2 heterocycles. The minimum Gasteiger partial charge on any atom is -0.469 e. The first-order valence-electron chi connectivity index (χ1n) is 7.82. The van der Waals surface area contributed by atoms with Gasteiger partial charge in [0.15, 0.2) is 6.67 Å². The molecular formula is C16H19FN3O3S+. The van der Waals surface area contributed by atoms with E-state index in [0.29, 0.717) is 18.1 Å². The van der Waals surface area contributed by atoms with Crippen molar-refractivity contribution in [3.05, 3.63) is 34.9 Å². The fourth-order valence-electron chi connectivity index (χ4n) is 2.91. The lowest BCUT2D eigenvalue weighted by Crippen LogP contribution is -3.12. The number of aromatic nitrogens is 2. The maximum absolute atomic E-state index is 13.0. The van der Waals surface area contributed by atoms with Gasteiger partial charge in [0.2, 0.25) is 5.89 Å². The highest BCUT2D eigenvalue weighted by Gasteiger charge is 2.28. The predicted molar refractivity (Wildman–Crippen MR) is 86.2 cm³/mol. The summed E-state index contributed by atoms with van der Waals surface area (Å²) >= 11 is 5.22. The van der Waals surface area contributed by atoms with Crippen molar-refractivity contribution in [2.24, 2.45) is 5.92 Å². The van der Waals surface area contributed by atoms with Crippen molar-refractivity contribution >= 4 is 18.2 Å². The predicted octanol–water partition coefficient (Wildman–Crippen LogP) is 1.44. The molecule has 1 aromatic heterocycles. The number of carbonyl (C=O) groups is 1. The van der Waals surface area contributed by atoms with E-state index in [4.69, 9.17) is 21.4 Å². The molecule has 1 saturated heterocycles. The normalized spacial score (nSPS) is 20.8. The van der Waals surface area contributed by atoms with Gasteiger partial charge in [-0.25, -0.2) is 4.39 Å². The van der Waals surface area contributed by atoms with Gasteiger partial charge >= 0.3 is 5.97 Å². The first kappa shape index (κ1) is 16.8. The molecule has 2 aromatic rings. The summed E-state index contributed by atoms with van der Waals surface area (Å²) in [6.45, 7) is 2.28. The molecule has 0 spiro atoms. The lowest BCUT2D eigenvalue weighted by molar-refractivity contribution is -0.929. The van der Waals surface area contributed by atoms with Crippen LogP contribution < -0.4 is 4.90 Å². The number of methoxy groups -OCH3 is 1. The number of quaternary nitrogens is 1. The molecule has 0 bridgehead atoms. The largest absolute Gasteiger partial charge is 0.469 e. The number of benzene rings is 1. The van der Waals surface area contributed by atoms with Crippen LogP contribution in [0.5, 0.6) is 0 Å². The molecule has 6 nitrogen and oxygen atoms in total. The fraction of sp³-hybridized carbons (Fsp3) is 0.438. The number of rotatable bonds is 4. The van der Waals surface area contributed by atoms with E-state index >= 15 is 0 Å². The highest BCUT2D eigenvalue weighted by atomic mass is 32.1. The van der Waals surface area contributed by atoms with E-state index in [1.807, 2.05) is 0 Å². The molecule has 0 aliphatic carbocycles. The molecule has 0 saturated carbocycles. The Balaban J connectivity index is 1.65. The second kappa shape index (κ2) is 7.23. The smallest absolute Gasteiger partial charge is 0.309 e. The van der Waals surface area contributed by atoms with Crippen molar-refractivity contribution in [1.29, 1.82) is 0 Å². The van der Waals surface area contributed by atoms with Crippen LogP contribution in [0.25, 0.3) is 11.5 Å². The van der Waals surface area contributed by atoms with Crippen molar-refractivity contribution in [2.45, 2.75) is 19.5 Å². The SMILES string of the molecule is COC(=O)C1CC[NH+](Cn2nc(-c3ccc(F)cc3)oc2=S)CC1. The number of hydrogen-bond acceptors (Lipinski definition) is 5. The number of piperidine rings is 1. The number of hydrogen-bond donors (Lipinski definition) is 1. The fourth-order valence-corrected chi connectivity index (χ4v) is 3.10. The molecule has 0 radical (unpaired) electrons. The highest BCUT2D eigenvalue weighted by Crippen LogP contribution is 2.18. The van der Waals surface area contributed by atoms with Crippen molar-refractivity contribution in [3.63, 3.8) is 0 Å². The van der Waals surface area contributed by atoms with Gasteiger partial charge in [-0.05, 0) is 36.5 Å². The van der Waals surface area contributed by atoms with Crippen LogP contribution in [0.3, 0.4) is 0 Å². The topological polar surface area (TPSA) is 61.7 Å². The summed E-state index contributed by atoms with van der Waals surface area (Å²) in [6, 6.07) is 5.93. The maximum Gasteiger partial charge on any atom is 0.309 e. The molecule has 1 aliphatic heterocycles. The number of carbonyl (C=O) groups excluding carboxylic acids is 1. The second-order valence-corrected chi connectivity index (χ2v) is 6.23. The lowest BCUT2D eigenvalue weighted by atomic mass is 9.97. The average Bonchev–Trinajstić information content (AvgIpc) is 2.96. The Bertz CT molecular complexity index is 764. The number of ether oxygens (including phenoxy) is 1. The van der Waals surface area contributed by atoms with Gasteiger partial charge in [0, 0.05) is 18.4 Å². The summed E-state index contributed by atoms with van der Waals surface area (Å²) in [5.74, 6) is -0.0805. The van der Waals surface area contributed by atoms with Crippen LogP contribution >= 0.6 is 12.2 Å². The second-order valence-electron chi connectivity index (χ2n) is 5.89. The van der Waals surface area contributed by atoms with E-state index in [1.54, 1.807) is 16.8 Å². The Morgan fingerprint density at radius 2 is 2.08 bits per heavy atom. The molecule has 128 valence electrons. The molecule has 1 aromatic carbocycles. The van der Waals surface area contributed by atoms with E-state index < -0.39 is 0 Å². The molecular weight excluding hydrogens is 333 g/mol. The van der Waals surface area contributed by atoms with Gasteiger partial charge in [0.05, 0.1) is 26.1 Å². The van der Waals surface area contributed by atoms with Crippen molar-refractivity contribution in [3.8, 4) is 11.5 Å². The highest BCUT2D eigenvalue weighted by molar-refractivity contribution is 7.71. The molecule has 1 fully saturated rings. The minimum atomic E-state index is -0.310. The van der Waals surface area contributed by atoms with Crippen molar-refractivity contribution in [1.82, 2.24) is 9.78 Å². The van der Waals surface area contributed by atoms with Crippen molar-refractivity contribution in [2.75, 3.05) is 20.2 Å². The zero-order valence-corrected chi connectivity index (χ0v) is 14.1. The number of halogens is 1. The maximum atomic E-state index is 13.0. The minimum absolute atomic E-state index is 0.0150. The summed E-state index contributed by atoms with van der Waals surface area (Å²) in [6.07, 6.45) is 1.58. The Kier molecular flexibility index (Phi) is 5.06. The van der Waals surface area contributed by atoms with Gasteiger partial charge in [-0.15, -0.1) is 5.10 Å². The van der Waals surface area contributed by atoms with E-state index in [2.05, 4.69) is 5.10 Å². The number of nitrogens with zero attached hydrogens (tertiary/aromatic N) is 2. The van der Waals surface area contributed by atoms with E-state index in [-0.39, 0.29) is 22.5 Å². The van der Waals surface area contributed by atoms with Crippen LogP contribution in [-0.4, -0.2) is 35.9 Å². The van der Waals surface area contributed by atoms with Crippen LogP contribution in [0.2, 0.25) is 0 Å². The van der Waals surface area contributed by atoms with E-state index in [1.165, 1.54) is 24.1 Å². The van der Waals surface area contributed by atoms with Crippen LogP contribution in [0.1, 0.15) is 12.8 Å². The number of esters is 1. The van der Waals surface area contributed by atoms with Crippen LogP contribution in [0.4, 0.5) is 4.39 Å². The first-order chi connectivity index (χ1) is 11.6. The molecule has 1 aliphatic rings. The summed E-state index contributed by atoms with van der Waals surface area (Å²) < 4.78 is 25.0. The first-order valence-corrected chi connectivity index (χ1v) is 8.23. The average molecular weight is 352 g/mol. The van der Waals surface area contributed by atoms with E-state index in [9.17, 15) is 9.18 Å². The monoisotopic (exact) mass is 352 g/mol. The summed E-state index contributed by atoms with van der Waals surface area (Å²) in [5, 5.41) is 4.39. The quantitative estimate of drug-likeness (QED) is 0.666. The zero-order chi connectivity index (χ0) is 17.1. The molecule has 24 heavy (non-hydrogen) atoms. The van der Waals surface area contributed by atoms with Gasteiger partial charge in [0.25, 0.3) is 4.84 Å². The van der Waals surface area contributed by atoms with Gasteiger partial charge in [-0.3, -0.25) is 4.79 Å². The third kappa shape index (κ3) is 3.70. The van der Waals surface area contributed by atoms with E-state index in [0.717, 1.165) is 25.9 Å². The molecule has 8 heteroatoms. The molecule has 0 atom stereocenters. The molecule has 1 N–H and O–H groups in total. The Hall–Kier alpha value is -2.06.